The number of ether oxygens (including phenoxy) is 2. The molecule has 3 saturated heterocycles. The van der Waals surface area contributed by atoms with Gasteiger partial charge in [-0.25, -0.2) is 4.98 Å². The Bertz CT molecular complexity index is 1840. The predicted octanol–water partition coefficient (Wildman–Crippen LogP) is 3.65. The summed E-state index contributed by atoms with van der Waals surface area (Å²) in [6.45, 7) is 7.43. The van der Waals surface area contributed by atoms with E-state index in [2.05, 4.69) is 55.6 Å². The number of nitrogens with zero attached hydrogens (tertiary/aromatic N) is 5. The number of aromatic nitrogens is 4. The van der Waals surface area contributed by atoms with Crippen LogP contribution < -0.4 is 16.2 Å². The van der Waals surface area contributed by atoms with E-state index in [9.17, 15) is 9.00 Å². The Kier molecular flexibility index (Phi) is 9.64. The van der Waals surface area contributed by atoms with Crippen LogP contribution in [-0.2, 0) is 25.5 Å². The summed E-state index contributed by atoms with van der Waals surface area (Å²) in [7, 11) is -2.55. The summed E-state index contributed by atoms with van der Waals surface area (Å²) in [6, 6.07) is 13.8. The van der Waals surface area contributed by atoms with Gasteiger partial charge in [0.25, 0.3) is 5.56 Å². The number of nitrogens with one attached hydrogen (secondary N) is 2. The summed E-state index contributed by atoms with van der Waals surface area (Å²) in [5, 5.41) is 7.51. The second kappa shape index (κ2) is 14.2. The van der Waals surface area contributed by atoms with Gasteiger partial charge in [0.2, 0.25) is 5.95 Å². The van der Waals surface area contributed by atoms with Gasteiger partial charge in [0, 0.05) is 89.1 Å². The summed E-state index contributed by atoms with van der Waals surface area (Å²) in [6.07, 6.45) is 7.18. The van der Waals surface area contributed by atoms with Crippen LogP contribution in [0.4, 0.5) is 11.6 Å². The number of rotatable bonds is 9. The zero-order valence-electron chi connectivity index (χ0n) is 26.7. The molecule has 248 valence electrons. The summed E-state index contributed by atoms with van der Waals surface area (Å²) in [5.41, 5.74) is 3.56. The Hall–Kier alpha value is -3.68. The molecule has 0 radical (unpaired) electrons. The monoisotopic (exact) mass is 657 g/mol. The highest BCUT2D eigenvalue weighted by Gasteiger charge is 2.25. The minimum Gasteiger partial charge on any atom is -0.381 e. The van der Waals surface area contributed by atoms with Crippen LogP contribution in [-0.4, -0.2) is 98.9 Å². The molecule has 0 aliphatic carbocycles. The van der Waals surface area contributed by atoms with Crippen LogP contribution in [0.15, 0.2) is 64.5 Å². The van der Waals surface area contributed by atoms with Gasteiger partial charge in [0.05, 0.1) is 24.5 Å². The van der Waals surface area contributed by atoms with Crippen LogP contribution in [0.2, 0.25) is 0 Å². The number of hydrogen-bond acceptors (Lipinski definition) is 10. The summed E-state index contributed by atoms with van der Waals surface area (Å²) in [5.74, 6) is 5.06. The van der Waals surface area contributed by atoms with Crippen LogP contribution in [0.5, 0.6) is 0 Å². The lowest BCUT2D eigenvalue weighted by atomic mass is 9.92. The van der Waals surface area contributed by atoms with Crippen molar-refractivity contribution in [2.24, 2.45) is 0 Å². The second-order valence-electron chi connectivity index (χ2n) is 12.6. The van der Waals surface area contributed by atoms with Gasteiger partial charge in [-0.05, 0) is 79.9 Å². The van der Waals surface area contributed by atoms with Gasteiger partial charge < -0.3 is 20.1 Å². The van der Waals surface area contributed by atoms with Crippen molar-refractivity contribution in [2.45, 2.75) is 48.3 Å². The average Bonchev–Trinajstić information content (AvgIpc) is 3.13. The smallest absolute Gasteiger partial charge is 0.261 e. The maximum absolute atomic E-state index is 14.2. The van der Waals surface area contributed by atoms with E-state index < -0.39 is 9.52 Å². The summed E-state index contributed by atoms with van der Waals surface area (Å²) < 4.78 is 26.4. The molecular weight excluding hydrogens is 614 g/mol. The summed E-state index contributed by atoms with van der Waals surface area (Å²) in [4.78, 5) is 31.2. The molecule has 7 rings (SSSR count). The molecular formula is C35H43N7O4S. The van der Waals surface area contributed by atoms with Crippen LogP contribution in [0.1, 0.15) is 37.2 Å². The van der Waals surface area contributed by atoms with Gasteiger partial charge >= 0.3 is 0 Å². The van der Waals surface area contributed by atoms with E-state index in [0.29, 0.717) is 86.0 Å². The zero-order chi connectivity index (χ0) is 32.2. The predicted molar refractivity (Wildman–Crippen MR) is 186 cm³/mol. The molecule has 3 fully saturated rings. The molecule has 2 N–H and O–H groups in total. The average molecular weight is 658 g/mol. The molecule has 0 saturated carbocycles. The first-order valence-electron chi connectivity index (χ1n) is 16.6. The molecule has 2 unspecified atom stereocenters. The Morgan fingerprint density at radius 1 is 0.957 bits per heavy atom. The number of benzene rings is 1. The molecule has 2 atom stereocenters. The third-order valence-corrected chi connectivity index (χ3v) is 12.2. The normalized spacial score (nSPS) is 21.0. The van der Waals surface area contributed by atoms with E-state index in [1.165, 1.54) is 18.4 Å². The second-order valence-corrected chi connectivity index (χ2v) is 15.2. The first kappa shape index (κ1) is 31.9. The van der Waals surface area contributed by atoms with Gasteiger partial charge in [0.15, 0.2) is 0 Å². The Balaban J connectivity index is 1.19. The molecule has 0 amide bonds. The highest BCUT2D eigenvalue weighted by atomic mass is 32.2. The van der Waals surface area contributed by atoms with Gasteiger partial charge in [-0.1, -0.05) is 12.1 Å². The number of hydrogen-bond donors (Lipinski definition) is 2. The molecule has 6 heterocycles. The van der Waals surface area contributed by atoms with Crippen molar-refractivity contribution >= 4 is 38.1 Å². The zero-order valence-corrected chi connectivity index (χ0v) is 27.6. The van der Waals surface area contributed by atoms with E-state index in [4.69, 9.17) is 14.5 Å². The van der Waals surface area contributed by atoms with Crippen LogP contribution in [0.25, 0.3) is 22.3 Å². The largest absolute Gasteiger partial charge is 0.381 e. The van der Waals surface area contributed by atoms with E-state index in [1.807, 2.05) is 6.07 Å². The SMILES string of the molecule is C=S(=O)(c1ccc(-c2cc3cnc(Nc4ccc(C5CCCNC5)cc4)nc3n(CCN3CCOCC3)c2=O)nc1)C1CCOCC1. The lowest BCUT2D eigenvalue weighted by Crippen LogP contribution is -2.39. The van der Waals surface area contributed by atoms with E-state index in [1.54, 1.807) is 29.1 Å². The van der Waals surface area contributed by atoms with E-state index in [0.717, 1.165) is 37.3 Å². The maximum atomic E-state index is 14.2. The Morgan fingerprint density at radius 3 is 2.47 bits per heavy atom. The van der Waals surface area contributed by atoms with Gasteiger partial charge in [0.1, 0.15) is 5.65 Å². The van der Waals surface area contributed by atoms with Crippen LogP contribution in [0.3, 0.4) is 0 Å². The highest BCUT2D eigenvalue weighted by Crippen LogP contribution is 2.27. The first-order valence-corrected chi connectivity index (χ1v) is 18.4. The molecule has 1 aromatic carbocycles. The van der Waals surface area contributed by atoms with Crippen molar-refractivity contribution in [3.63, 3.8) is 0 Å². The van der Waals surface area contributed by atoms with Crippen molar-refractivity contribution in [1.29, 1.82) is 0 Å². The van der Waals surface area contributed by atoms with Gasteiger partial charge in [-0.3, -0.25) is 23.5 Å². The van der Waals surface area contributed by atoms with Crippen molar-refractivity contribution in [1.82, 2.24) is 29.7 Å². The highest BCUT2D eigenvalue weighted by molar-refractivity contribution is 8.00. The standard InChI is InChI=1S/C35H43N7O4S/c1-47(44,29-10-17-45-18-11-29)30-8-9-32(37-24-30)31-21-27-23-38-35(39-28-6-4-25(5-7-28)26-3-2-12-36-22-26)40-33(27)42(34(31)43)14-13-41-15-19-46-20-16-41/h4-9,21,23-24,26,29,36H,1-3,10-20,22H2,(H,38,39,40). The Morgan fingerprint density at radius 2 is 1.74 bits per heavy atom. The number of pyridine rings is 2. The molecule has 47 heavy (non-hydrogen) atoms. The molecule has 4 aromatic rings. The Labute approximate surface area is 275 Å². The molecule has 3 aromatic heterocycles. The molecule has 3 aliphatic rings. The topological polar surface area (TPSA) is 124 Å². The number of morpholine rings is 1. The van der Waals surface area contributed by atoms with E-state index >= 15 is 0 Å². The van der Waals surface area contributed by atoms with Gasteiger partial charge in [-0.15, -0.1) is 0 Å². The fourth-order valence-electron chi connectivity index (χ4n) is 6.77. The molecule has 12 heteroatoms. The van der Waals surface area contributed by atoms with Crippen molar-refractivity contribution < 1.29 is 13.7 Å². The van der Waals surface area contributed by atoms with E-state index in [-0.39, 0.29) is 10.8 Å². The number of anilines is 2. The fourth-order valence-corrected chi connectivity index (χ4v) is 8.64. The van der Waals surface area contributed by atoms with Crippen LogP contribution in [0, 0.1) is 0 Å². The molecule has 11 nitrogen and oxygen atoms in total. The minimum absolute atomic E-state index is 0.0472. The fraction of sp³-hybridized carbons (Fsp3) is 0.457. The number of fused-ring (bicyclic) bond motifs is 1. The molecule has 0 spiro atoms. The van der Waals surface area contributed by atoms with Crippen molar-refractivity contribution in [3.05, 3.63) is 70.8 Å². The van der Waals surface area contributed by atoms with Crippen molar-refractivity contribution in [2.75, 3.05) is 64.5 Å². The quantitative estimate of drug-likeness (QED) is 0.258. The van der Waals surface area contributed by atoms with Gasteiger partial charge in [-0.2, -0.15) is 4.98 Å². The molecule has 0 bridgehead atoms. The summed E-state index contributed by atoms with van der Waals surface area (Å²) >= 11 is 0. The third kappa shape index (κ3) is 7.12. The number of piperidine rings is 1. The van der Waals surface area contributed by atoms with Crippen molar-refractivity contribution in [3.8, 4) is 11.3 Å². The molecule has 3 aliphatic heterocycles. The third-order valence-electron chi connectivity index (χ3n) is 9.62. The minimum atomic E-state index is -2.55. The van der Waals surface area contributed by atoms with Crippen LogP contribution >= 0.6 is 0 Å². The first-order chi connectivity index (χ1) is 23.0. The lowest BCUT2D eigenvalue weighted by molar-refractivity contribution is 0.0364. The maximum Gasteiger partial charge on any atom is 0.261 e. The lowest BCUT2D eigenvalue weighted by Gasteiger charge is -2.27.